The fourth-order valence-corrected chi connectivity index (χ4v) is 1.80. The molecule has 0 aliphatic heterocycles. The fraction of sp³-hybridized carbons (Fsp3) is 0.231. The van der Waals surface area contributed by atoms with Crippen molar-refractivity contribution < 1.29 is 9.90 Å². The highest BCUT2D eigenvalue weighted by Crippen LogP contribution is 2.17. The van der Waals surface area contributed by atoms with Gasteiger partial charge in [0.15, 0.2) is 0 Å². The van der Waals surface area contributed by atoms with E-state index in [4.69, 9.17) is 5.11 Å². The Morgan fingerprint density at radius 2 is 2.00 bits per heavy atom. The van der Waals surface area contributed by atoms with E-state index in [2.05, 4.69) is 4.98 Å². The molecule has 1 aromatic heterocycles. The van der Waals surface area contributed by atoms with Crippen LogP contribution in [-0.4, -0.2) is 20.6 Å². The summed E-state index contributed by atoms with van der Waals surface area (Å²) in [5, 5.41) is 8.97. The normalized spacial score (nSPS) is 10.5. The molecule has 0 fully saturated rings. The van der Waals surface area contributed by atoms with Gasteiger partial charge >= 0.3 is 5.97 Å². The van der Waals surface area contributed by atoms with Crippen molar-refractivity contribution in [2.75, 3.05) is 0 Å². The van der Waals surface area contributed by atoms with Gasteiger partial charge in [0.25, 0.3) is 0 Å². The molecule has 1 heterocycles. The molecule has 0 bridgehead atoms. The van der Waals surface area contributed by atoms with Crippen LogP contribution in [0.3, 0.4) is 0 Å². The Morgan fingerprint density at radius 1 is 1.29 bits per heavy atom. The van der Waals surface area contributed by atoms with Crippen LogP contribution in [0.1, 0.15) is 27.3 Å². The van der Waals surface area contributed by atoms with E-state index in [1.165, 1.54) is 0 Å². The number of aryl methyl sites for hydroxylation is 2. The van der Waals surface area contributed by atoms with Crippen LogP contribution in [0.4, 0.5) is 0 Å². The Labute approximate surface area is 99.5 Å². The minimum atomic E-state index is -0.896. The van der Waals surface area contributed by atoms with Crippen LogP contribution in [-0.2, 0) is 0 Å². The van der Waals surface area contributed by atoms with Crippen molar-refractivity contribution >= 4 is 5.97 Å². The average molecular weight is 230 g/mol. The second kappa shape index (κ2) is 4.05. The van der Waals surface area contributed by atoms with Crippen LogP contribution in [0.15, 0.2) is 24.5 Å². The molecule has 0 saturated heterocycles. The molecule has 0 amide bonds. The number of rotatable bonds is 2. The highest BCUT2D eigenvalue weighted by atomic mass is 16.4. The largest absolute Gasteiger partial charge is 0.478 e. The van der Waals surface area contributed by atoms with Crippen LogP contribution in [0.25, 0.3) is 5.69 Å². The zero-order valence-electron chi connectivity index (χ0n) is 10.1. The van der Waals surface area contributed by atoms with Crippen molar-refractivity contribution in [1.82, 2.24) is 9.55 Å². The molecule has 0 aliphatic carbocycles. The minimum Gasteiger partial charge on any atom is -0.478 e. The molecule has 2 rings (SSSR count). The van der Waals surface area contributed by atoms with Gasteiger partial charge in [-0.15, -0.1) is 0 Å². The quantitative estimate of drug-likeness (QED) is 0.862. The maximum absolute atomic E-state index is 10.9. The van der Waals surface area contributed by atoms with E-state index in [1.54, 1.807) is 25.4 Å². The first-order valence-electron chi connectivity index (χ1n) is 5.35. The van der Waals surface area contributed by atoms with Crippen LogP contribution in [0, 0.1) is 20.8 Å². The van der Waals surface area contributed by atoms with Gasteiger partial charge < -0.3 is 9.67 Å². The summed E-state index contributed by atoms with van der Waals surface area (Å²) < 4.78 is 1.95. The molecule has 4 heteroatoms. The number of carboxylic acids is 1. The van der Waals surface area contributed by atoms with Crippen molar-refractivity contribution in [2.24, 2.45) is 0 Å². The van der Waals surface area contributed by atoms with Crippen LogP contribution >= 0.6 is 0 Å². The van der Waals surface area contributed by atoms with E-state index in [1.807, 2.05) is 24.5 Å². The SMILES string of the molecule is Cc1cc(-n2cnc(C)c2C)ccc1C(=O)O. The van der Waals surface area contributed by atoms with Crippen molar-refractivity contribution in [3.05, 3.63) is 47.0 Å². The fourth-order valence-electron chi connectivity index (χ4n) is 1.80. The topological polar surface area (TPSA) is 55.1 Å². The molecule has 1 aromatic carbocycles. The highest BCUT2D eigenvalue weighted by molar-refractivity contribution is 5.89. The summed E-state index contributed by atoms with van der Waals surface area (Å²) >= 11 is 0. The third-order valence-electron chi connectivity index (χ3n) is 2.97. The third-order valence-corrected chi connectivity index (χ3v) is 2.97. The monoisotopic (exact) mass is 230 g/mol. The maximum atomic E-state index is 10.9. The number of benzene rings is 1. The van der Waals surface area contributed by atoms with Crippen molar-refractivity contribution in [3.8, 4) is 5.69 Å². The zero-order valence-corrected chi connectivity index (χ0v) is 10.1. The number of aromatic nitrogens is 2. The molecule has 1 N–H and O–H groups in total. The van der Waals surface area contributed by atoms with Gasteiger partial charge in [0.1, 0.15) is 0 Å². The van der Waals surface area contributed by atoms with E-state index in [0.717, 1.165) is 22.6 Å². The highest BCUT2D eigenvalue weighted by Gasteiger charge is 2.09. The van der Waals surface area contributed by atoms with Gasteiger partial charge in [-0.05, 0) is 44.5 Å². The molecule has 88 valence electrons. The van der Waals surface area contributed by atoms with Gasteiger partial charge in [-0.3, -0.25) is 0 Å². The number of hydrogen-bond donors (Lipinski definition) is 1. The molecule has 0 saturated carbocycles. The zero-order chi connectivity index (χ0) is 12.6. The Morgan fingerprint density at radius 3 is 2.47 bits per heavy atom. The van der Waals surface area contributed by atoms with Crippen LogP contribution in [0.2, 0.25) is 0 Å². The van der Waals surface area contributed by atoms with Gasteiger partial charge in [-0.1, -0.05) is 0 Å². The molecule has 2 aromatic rings. The Hall–Kier alpha value is -2.10. The standard InChI is InChI=1S/C13H14N2O2/c1-8-6-11(4-5-12(8)13(16)17)15-7-14-9(2)10(15)3/h4-7H,1-3H3,(H,16,17). The summed E-state index contributed by atoms with van der Waals surface area (Å²) in [6.45, 7) is 5.74. The molecule has 0 radical (unpaired) electrons. The summed E-state index contributed by atoms with van der Waals surface area (Å²) in [5.74, 6) is -0.896. The van der Waals surface area contributed by atoms with Gasteiger partial charge in [-0.25, -0.2) is 9.78 Å². The third kappa shape index (κ3) is 1.93. The van der Waals surface area contributed by atoms with Crippen molar-refractivity contribution in [1.29, 1.82) is 0 Å². The van der Waals surface area contributed by atoms with E-state index in [0.29, 0.717) is 5.56 Å². The second-order valence-corrected chi connectivity index (χ2v) is 4.09. The summed E-state index contributed by atoms with van der Waals surface area (Å²) in [4.78, 5) is 15.1. The minimum absolute atomic E-state index is 0.336. The van der Waals surface area contributed by atoms with E-state index in [9.17, 15) is 4.79 Å². The van der Waals surface area contributed by atoms with Crippen LogP contribution < -0.4 is 0 Å². The predicted octanol–water partition coefficient (Wildman–Crippen LogP) is 2.50. The Balaban J connectivity index is 2.52. The molecule has 0 unspecified atom stereocenters. The van der Waals surface area contributed by atoms with Gasteiger partial charge in [0.05, 0.1) is 17.6 Å². The Bertz CT molecular complexity index is 585. The number of carboxylic acid groups (broad SMARTS) is 1. The first kappa shape index (κ1) is 11.4. The second-order valence-electron chi connectivity index (χ2n) is 4.09. The van der Waals surface area contributed by atoms with Gasteiger partial charge in [-0.2, -0.15) is 0 Å². The number of nitrogens with zero attached hydrogens (tertiary/aromatic N) is 2. The predicted molar refractivity (Wildman–Crippen MR) is 64.7 cm³/mol. The van der Waals surface area contributed by atoms with E-state index in [-0.39, 0.29) is 0 Å². The number of imidazole rings is 1. The molecule has 0 spiro atoms. The smallest absolute Gasteiger partial charge is 0.335 e. The van der Waals surface area contributed by atoms with Gasteiger partial charge in [0, 0.05) is 11.4 Å². The number of carbonyl (C=O) groups is 1. The maximum Gasteiger partial charge on any atom is 0.335 e. The molecule has 0 aliphatic rings. The average Bonchev–Trinajstić information content (AvgIpc) is 2.59. The summed E-state index contributed by atoms with van der Waals surface area (Å²) in [5.41, 5.74) is 4.06. The summed E-state index contributed by atoms with van der Waals surface area (Å²) in [7, 11) is 0. The first-order chi connectivity index (χ1) is 8.00. The Kier molecular flexibility index (Phi) is 2.71. The van der Waals surface area contributed by atoms with Gasteiger partial charge in [0.2, 0.25) is 0 Å². The number of aromatic carboxylic acids is 1. The molecule has 0 atom stereocenters. The van der Waals surface area contributed by atoms with E-state index < -0.39 is 5.97 Å². The number of hydrogen-bond acceptors (Lipinski definition) is 2. The van der Waals surface area contributed by atoms with Crippen molar-refractivity contribution in [2.45, 2.75) is 20.8 Å². The lowest BCUT2D eigenvalue weighted by molar-refractivity contribution is 0.0696. The summed E-state index contributed by atoms with van der Waals surface area (Å²) in [6, 6.07) is 5.28. The van der Waals surface area contributed by atoms with Crippen LogP contribution in [0.5, 0.6) is 0 Å². The lowest BCUT2D eigenvalue weighted by atomic mass is 10.1. The molecule has 17 heavy (non-hydrogen) atoms. The lowest BCUT2D eigenvalue weighted by Gasteiger charge is -2.08. The van der Waals surface area contributed by atoms with E-state index >= 15 is 0 Å². The first-order valence-corrected chi connectivity index (χ1v) is 5.35. The van der Waals surface area contributed by atoms with Crippen molar-refractivity contribution in [3.63, 3.8) is 0 Å². The molecule has 4 nitrogen and oxygen atoms in total. The summed E-state index contributed by atoms with van der Waals surface area (Å²) in [6.07, 6.45) is 1.75. The lowest BCUT2D eigenvalue weighted by Crippen LogP contribution is -2.02. The molecular formula is C13H14N2O2. The molecular weight excluding hydrogens is 216 g/mol.